The maximum Gasteiger partial charge on any atom is 0.371 e. The number of fused-ring (bicyclic) bond motifs is 1. The van der Waals surface area contributed by atoms with E-state index in [9.17, 15) is 9.59 Å². The maximum atomic E-state index is 12.7. The third kappa shape index (κ3) is 2.99. The second-order valence-electron chi connectivity index (χ2n) is 6.12. The number of nitrogens with zero attached hydrogens (tertiary/aromatic N) is 1. The molecule has 23 heavy (non-hydrogen) atoms. The molecular weight excluding hydrogens is 294 g/mol. The number of amides is 1. The SMILES string of the molecule is CC(C)c1ccc2c(c1)C(=O)N(Cc1ccc(C(=O)O)o1)CC2. The zero-order chi connectivity index (χ0) is 16.6. The van der Waals surface area contributed by atoms with Crippen molar-refractivity contribution >= 4 is 11.9 Å². The highest BCUT2D eigenvalue weighted by atomic mass is 16.4. The van der Waals surface area contributed by atoms with Gasteiger partial charge in [-0.05, 0) is 41.7 Å². The molecule has 1 aromatic heterocycles. The summed E-state index contributed by atoms with van der Waals surface area (Å²) >= 11 is 0. The lowest BCUT2D eigenvalue weighted by atomic mass is 9.93. The molecule has 1 aliphatic heterocycles. The number of carboxylic acids is 1. The fraction of sp³-hybridized carbons (Fsp3) is 0.333. The van der Waals surface area contributed by atoms with Gasteiger partial charge in [-0.2, -0.15) is 0 Å². The number of carboxylic acid groups (broad SMARTS) is 1. The quantitative estimate of drug-likeness (QED) is 0.940. The van der Waals surface area contributed by atoms with Crippen molar-refractivity contribution in [3.8, 4) is 0 Å². The highest BCUT2D eigenvalue weighted by Gasteiger charge is 2.26. The predicted molar refractivity (Wildman–Crippen MR) is 84.6 cm³/mol. The van der Waals surface area contributed by atoms with Gasteiger partial charge < -0.3 is 14.4 Å². The van der Waals surface area contributed by atoms with E-state index in [0.29, 0.717) is 18.2 Å². The average Bonchev–Trinajstić information content (AvgIpc) is 2.98. The summed E-state index contributed by atoms with van der Waals surface area (Å²) in [5, 5.41) is 8.89. The van der Waals surface area contributed by atoms with Crippen molar-refractivity contribution < 1.29 is 19.1 Å². The normalized spacial score (nSPS) is 14.2. The monoisotopic (exact) mass is 313 g/mol. The Morgan fingerprint density at radius 2 is 2.09 bits per heavy atom. The van der Waals surface area contributed by atoms with Crippen molar-refractivity contribution in [3.05, 3.63) is 58.5 Å². The Balaban J connectivity index is 1.82. The van der Waals surface area contributed by atoms with Crippen LogP contribution < -0.4 is 0 Å². The fourth-order valence-electron chi connectivity index (χ4n) is 2.81. The van der Waals surface area contributed by atoms with Crippen LogP contribution in [0.1, 0.15) is 57.6 Å². The molecule has 5 nitrogen and oxygen atoms in total. The molecule has 5 heteroatoms. The Hall–Kier alpha value is -2.56. The van der Waals surface area contributed by atoms with E-state index >= 15 is 0 Å². The molecule has 0 saturated carbocycles. The van der Waals surface area contributed by atoms with Crippen LogP contribution in [0.2, 0.25) is 0 Å². The van der Waals surface area contributed by atoms with Crippen LogP contribution in [-0.4, -0.2) is 28.4 Å². The van der Waals surface area contributed by atoms with Gasteiger partial charge in [-0.25, -0.2) is 4.79 Å². The van der Waals surface area contributed by atoms with E-state index in [0.717, 1.165) is 23.1 Å². The number of hydrogen-bond acceptors (Lipinski definition) is 3. The first-order chi connectivity index (χ1) is 11.0. The molecule has 1 aromatic carbocycles. The topological polar surface area (TPSA) is 70.8 Å². The van der Waals surface area contributed by atoms with E-state index < -0.39 is 5.97 Å². The van der Waals surface area contributed by atoms with Gasteiger partial charge in [-0.1, -0.05) is 26.0 Å². The van der Waals surface area contributed by atoms with E-state index in [1.165, 1.54) is 6.07 Å². The van der Waals surface area contributed by atoms with Crippen molar-refractivity contribution in [2.75, 3.05) is 6.54 Å². The summed E-state index contributed by atoms with van der Waals surface area (Å²) in [5.41, 5.74) is 2.96. The van der Waals surface area contributed by atoms with E-state index in [2.05, 4.69) is 19.9 Å². The molecule has 0 fully saturated rings. The molecule has 0 unspecified atom stereocenters. The number of benzene rings is 1. The Kier molecular flexibility index (Phi) is 3.94. The fourth-order valence-corrected chi connectivity index (χ4v) is 2.81. The molecule has 3 rings (SSSR count). The lowest BCUT2D eigenvalue weighted by Gasteiger charge is -2.28. The Morgan fingerprint density at radius 3 is 2.74 bits per heavy atom. The van der Waals surface area contributed by atoms with Crippen LogP contribution in [0.25, 0.3) is 0 Å². The van der Waals surface area contributed by atoms with Gasteiger partial charge in [0.2, 0.25) is 5.76 Å². The van der Waals surface area contributed by atoms with Gasteiger partial charge in [0.25, 0.3) is 5.91 Å². The molecule has 120 valence electrons. The van der Waals surface area contributed by atoms with E-state index in [4.69, 9.17) is 9.52 Å². The third-order valence-corrected chi connectivity index (χ3v) is 4.19. The van der Waals surface area contributed by atoms with E-state index in [1.54, 1.807) is 11.0 Å². The van der Waals surface area contributed by atoms with Gasteiger partial charge in [0.05, 0.1) is 6.54 Å². The summed E-state index contributed by atoms with van der Waals surface area (Å²) in [6.07, 6.45) is 0.798. The third-order valence-electron chi connectivity index (χ3n) is 4.19. The second-order valence-corrected chi connectivity index (χ2v) is 6.12. The Labute approximate surface area is 134 Å². The standard InChI is InChI=1S/C18H19NO4/c1-11(2)13-4-3-12-7-8-19(17(20)15(12)9-13)10-14-5-6-16(23-14)18(21)22/h3-6,9,11H,7-8,10H2,1-2H3,(H,21,22). The van der Waals surface area contributed by atoms with Gasteiger partial charge in [-0.15, -0.1) is 0 Å². The molecule has 2 heterocycles. The molecule has 1 amide bonds. The molecule has 0 bridgehead atoms. The van der Waals surface area contributed by atoms with Crippen molar-refractivity contribution in [1.82, 2.24) is 4.90 Å². The van der Waals surface area contributed by atoms with Crippen LogP contribution >= 0.6 is 0 Å². The summed E-state index contributed by atoms with van der Waals surface area (Å²) in [7, 11) is 0. The molecule has 0 atom stereocenters. The molecule has 1 aliphatic rings. The molecule has 1 N–H and O–H groups in total. The number of furan rings is 1. The summed E-state index contributed by atoms with van der Waals surface area (Å²) in [6.45, 7) is 5.10. The average molecular weight is 313 g/mol. The van der Waals surface area contributed by atoms with Crippen molar-refractivity contribution in [3.63, 3.8) is 0 Å². The van der Waals surface area contributed by atoms with Crippen LogP contribution in [0.15, 0.2) is 34.7 Å². The molecular formula is C18H19NO4. The van der Waals surface area contributed by atoms with Crippen LogP contribution in [0, 0.1) is 0 Å². The first-order valence-corrected chi connectivity index (χ1v) is 7.70. The summed E-state index contributed by atoms with van der Waals surface area (Å²) in [6, 6.07) is 9.11. The first-order valence-electron chi connectivity index (χ1n) is 7.70. The minimum Gasteiger partial charge on any atom is -0.475 e. The van der Waals surface area contributed by atoms with Gasteiger partial charge in [0, 0.05) is 12.1 Å². The van der Waals surface area contributed by atoms with Crippen molar-refractivity contribution in [1.29, 1.82) is 0 Å². The number of carbonyl (C=O) groups excluding carboxylic acids is 1. The summed E-state index contributed by atoms with van der Waals surface area (Å²) < 4.78 is 5.25. The van der Waals surface area contributed by atoms with Crippen LogP contribution in [0.3, 0.4) is 0 Å². The smallest absolute Gasteiger partial charge is 0.371 e. The zero-order valence-electron chi connectivity index (χ0n) is 13.2. The minimum atomic E-state index is -1.10. The predicted octanol–water partition coefficient (Wildman–Crippen LogP) is 3.30. The summed E-state index contributed by atoms with van der Waals surface area (Å²) in [5.74, 6) is -0.381. The zero-order valence-corrected chi connectivity index (χ0v) is 13.2. The lowest BCUT2D eigenvalue weighted by molar-refractivity contribution is 0.0655. The molecule has 2 aromatic rings. The molecule has 0 spiro atoms. The largest absolute Gasteiger partial charge is 0.475 e. The van der Waals surface area contributed by atoms with Crippen LogP contribution in [0.5, 0.6) is 0 Å². The molecule has 0 radical (unpaired) electrons. The highest BCUT2D eigenvalue weighted by molar-refractivity contribution is 5.97. The highest BCUT2D eigenvalue weighted by Crippen LogP contribution is 2.25. The van der Waals surface area contributed by atoms with Crippen LogP contribution in [0.4, 0.5) is 0 Å². The van der Waals surface area contributed by atoms with E-state index in [-0.39, 0.29) is 18.2 Å². The number of rotatable bonds is 4. The van der Waals surface area contributed by atoms with Gasteiger partial charge >= 0.3 is 5.97 Å². The number of hydrogen-bond donors (Lipinski definition) is 1. The van der Waals surface area contributed by atoms with Crippen LogP contribution in [-0.2, 0) is 13.0 Å². The van der Waals surface area contributed by atoms with Gasteiger partial charge in [-0.3, -0.25) is 4.79 Å². The molecule has 0 aliphatic carbocycles. The second kappa shape index (κ2) is 5.91. The molecule has 0 saturated heterocycles. The number of aromatic carboxylic acids is 1. The van der Waals surface area contributed by atoms with Crippen molar-refractivity contribution in [2.24, 2.45) is 0 Å². The lowest BCUT2D eigenvalue weighted by Crippen LogP contribution is -2.37. The summed E-state index contributed by atoms with van der Waals surface area (Å²) in [4.78, 5) is 25.3. The Morgan fingerprint density at radius 1 is 1.30 bits per heavy atom. The number of carbonyl (C=O) groups is 2. The Bertz CT molecular complexity index is 760. The first kappa shape index (κ1) is 15.3. The van der Waals surface area contributed by atoms with E-state index in [1.807, 2.05) is 12.1 Å². The maximum absolute atomic E-state index is 12.7. The van der Waals surface area contributed by atoms with Gasteiger partial charge in [0.15, 0.2) is 0 Å². The van der Waals surface area contributed by atoms with Crippen molar-refractivity contribution in [2.45, 2.75) is 32.7 Å². The van der Waals surface area contributed by atoms with Gasteiger partial charge in [0.1, 0.15) is 5.76 Å². The minimum absolute atomic E-state index is 0.0259.